The lowest BCUT2D eigenvalue weighted by atomic mass is 10.1. The smallest absolute Gasteiger partial charge is 0.325 e. The molecule has 0 bridgehead atoms. The molecule has 21 heavy (non-hydrogen) atoms. The van der Waals surface area contributed by atoms with Crippen molar-refractivity contribution in [2.75, 3.05) is 6.61 Å². The van der Waals surface area contributed by atoms with Gasteiger partial charge in [-0.15, -0.1) is 10.2 Å². The second-order valence-electron chi connectivity index (χ2n) is 4.28. The van der Waals surface area contributed by atoms with Crippen molar-refractivity contribution in [3.8, 4) is 0 Å². The van der Waals surface area contributed by atoms with Gasteiger partial charge in [-0.05, 0) is 12.5 Å². The molecule has 6 nitrogen and oxygen atoms in total. The van der Waals surface area contributed by atoms with Gasteiger partial charge in [-0.1, -0.05) is 42.5 Å². The highest BCUT2D eigenvalue weighted by Crippen LogP contribution is 2.18. The number of esters is 1. The lowest BCUT2D eigenvalue weighted by Gasteiger charge is -2.09. The van der Waals surface area contributed by atoms with Gasteiger partial charge in [0.1, 0.15) is 0 Å². The van der Waals surface area contributed by atoms with E-state index in [0.717, 1.165) is 5.56 Å². The van der Waals surface area contributed by atoms with Gasteiger partial charge in [0, 0.05) is 0 Å². The molecule has 1 aromatic heterocycles. The molecule has 0 aliphatic heterocycles. The minimum absolute atomic E-state index is 0.0524. The van der Waals surface area contributed by atoms with Crippen LogP contribution in [-0.4, -0.2) is 27.8 Å². The first-order valence-electron chi connectivity index (χ1n) is 6.44. The molecule has 0 saturated carbocycles. The van der Waals surface area contributed by atoms with E-state index >= 15 is 0 Å². The molecule has 1 atom stereocenters. The van der Waals surface area contributed by atoms with Crippen molar-refractivity contribution in [2.24, 2.45) is 5.73 Å². The number of nitrogens with zero attached hydrogens (tertiary/aromatic N) is 2. The quantitative estimate of drug-likeness (QED) is 0.640. The molecule has 2 N–H and O–H groups in total. The van der Waals surface area contributed by atoms with Gasteiger partial charge >= 0.3 is 5.97 Å². The van der Waals surface area contributed by atoms with Gasteiger partial charge < -0.3 is 14.9 Å². The molecule has 110 valence electrons. The molecule has 1 aromatic carbocycles. The van der Waals surface area contributed by atoms with Gasteiger partial charge in [-0.2, -0.15) is 0 Å². The van der Waals surface area contributed by atoms with Crippen LogP contribution in [0.25, 0.3) is 0 Å². The van der Waals surface area contributed by atoms with Crippen LogP contribution in [0.1, 0.15) is 30.2 Å². The molecule has 0 unspecified atom stereocenters. The van der Waals surface area contributed by atoms with Crippen LogP contribution in [0.4, 0.5) is 0 Å². The summed E-state index contributed by atoms with van der Waals surface area (Å²) in [5, 5.41) is 7.77. The summed E-state index contributed by atoms with van der Waals surface area (Å²) >= 11 is 4.88. The molecule has 0 spiro atoms. The first-order chi connectivity index (χ1) is 10.1. The summed E-state index contributed by atoms with van der Waals surface area (Å²) in [6.45, 7) is 1.92. The van der Waals surface area contributed by atoms with E-state index in [9.17, 15) is 4.79 Å². The number of nitrogens with two attached hydrogens (primary N) is 1. The van der Waals surface area contributed by atoms with Gasteiger partial charge in [-0.25, -0.2) is 0 Å². The average Bonchev–Trinajstić information content (AvgIpc) is 2.88. The van der Waals surface area contributed by atoms with E-state index in [0.29, 0.717) is 12.3 Å². The first-order valence-corrected chi connectivity index (χ1v) is 6.84. The molecule has 7 heteroatoms. The van der Waals surface area contributed by atoms with Crippen LogP contribution in [0.3, 0.4) is 0 Å². The van der Waals surface area contributed by atoms with E-state index < -0.39 is 11.9 Å². The third-order valence-electron chi connectivity index (χ3n) is 2.73. The van der Waals surface area contributed by atoms with Crippen molar-refractivity contribution >= 4 is 23.2 Å². The van der Waals surface area contributed by atoms with Crippen LogP contribution in [0.2, 0.25) is 0 Å². The molecule has 0 saturated heterocycles. The van der Waals surface area contributed by atoms with Gasteiger partial charge in [-0.3, -0.25) is 4.79 Å². The molecule has 0 fully saturated rings. The van der Waals surface area contributed by atoms with Crippen LogP contribution in [0.15, 0.2) is 34.7 Å². The zero-order valence-corrected chi connectivity index (χ0v) is 12.3. The Balaban J connectivity index is 2.17. The first kappa shape index (κ1) is 15.1. The van der Waals surface area contributed by atoms with Gasteiger partial charge in [0.05, 0.1) is 18.0 Å². The van der Waals surface area contributed by atoms with E-state index in [1.807, 2.05) is 30.3 Å². The number of thiocarbonyl (C=S) groups is 1. The second-order valence-corrected chi connectivity index (χ2v) is 4.76. The molecule has 0 aliphatic rings. The third kappa shape index (κ3) is 3.85. The number of aromatic nitrogens is 2. The predicted molar refractivity (Wildman–Crippen MR) is 79.7 cm³/mol. The maximum Gasteiger partial charge on any atom is 0.325 e. The van der Waals surface area contributed by atoms with Crippen molar-refractivity contribution in [3.63, 3.8) is 0 Å². The normalized spacial score (nSPS) is 11.9. The fourth-order valence-corrected chi connectivity index (χ4v) is 1.99. The van der Waals surface area contributed by atoms with Crippen LogP contribution >= 0.6 is 12.2 Å². The summed E-state index contributed by atoms with van der Waals surface area (Å²) in [5.41, 5.74) is 6.59. The summed E-state index contributed by atoms with van der Waals surface area (Å²) < 4.78 is 10.4. The highest BCUT2D eigenvalue weighted by Gasteiger charge is 2.30. The summed E-state index contributed by atoms with van der Waals surface area (Å²) in [7, 11) is 0. The summed E-state index contributed by atoms with van der Waals surface area (Å²) in [6, 6.07) is 9.65. The summed E-state index contributed by atoms with van der Waals surface area (Å²) in [5.74, 6) is -1.13. The molecule has 2 rings (SSSR count). The van der Waals surface area contributed by atoms with Crippen LogP contribution in [0.5, 0.6) is 0 Å². The fourth-order valence-electron chi connectivity index (χ4n) is 1.79. The monoisotopic (exact) mass is 305 g/mol. The fraction of sp³-hybridized carbons (Fsp3) is 0.286. The Labute approximate surface area is 127 Å². The van der Waals surface area contributed by atoms with Crippen molar-refractivity contribution in [2.45, 2.75) is 19.3 Å². The SMILES string of the molecule is CCOC(=O)[C@@H](C(N)=S)c1nnc(Cc2ccccc2)o1. The van der Waals surface area contributed by atoms with Crippen molar-refractivity contribution < 1.29 is 13.9 Å². The Bertz CT molecular complexity index is 627. The molecule has 2 aromatic rings. The van der Waals surface area contributed by atoms with Crippen molar-refractivity contribution in [1.29, 1.82) is 0 Å². The predicted octanol–water partition coefficient (Wildman–Crippen LogP) is 1.59. The van der Waals surface area contributed by atoms with E-state index in [1.165, 1.54) is 0 Å². The van der Waals surface area contributed by atoms with Crippen molar-refractivity contribution in [3.05, 3.63) is 47.7 Å². The average molecular weight is 305 g/mol. The van der Waals surface area contributed by atoms with Crippen LogP contribution in [-0.2, 0) is 16.0 Å². The number of carbonyl (C=O) groups is 1. The molecule has 0 aliphatic carbocycles. The number of rotatable bonds is 6. The van der Waals surface area contributed by atoms with E-state index in [-0.39, 0.29) is 17.5 Å². The van der Waals surface area contributed by atoms with Gasteiger partial charge in [0.15, 0.2) is 5.92 Å². The van der Waals surface area contributed by atoms with E-state index in [4.69, 9.17) is 27.1 Å². The Kier molecular flexibility index (Phi) is 4.99. The Hall–Kier alpha value is -2.28. The zero-order chi connectivity index (χ0) is 15.2. The maximum atomic E-state index is 11.8. The minimum atomic E-state index is -1.00. The lowest BCUT2D eigenvalue weighted by molar-refractivity contribution is -0.143. The molecule has 1 heterocycles. The Morgan fingerprint density at radius 2 is 2.10 bits per heavy atom. The zero-order valence-electron chi connectivity index (χ0n) is 11.5. The molecular weight excluding hydrogens is 290 g/mol. The minimum Gasteiger partial charge on any atom is -0.465 e. The van der Waals surface area contributed by atoms with Crippen LogP contribution in [0, 0.1) is 0 Å². The number of carbonyl (C=O) groups excluding carboxylic acids is 1. The lowest BCUT2D eigenvalue weighted by Crippen LogP contribution is -2.28. The van der Waals surface area contributed by atoms with E-state index in [2.05, 4.69) is 10.2 Å². The Morgan fingerprint density at radius 3 is 2.71 bits per heavy atom. The molecule has 0 amide bonds. The number of hydrogen-bond donors (Lipinski definition) is 1. The highest BCUT2D eigenvalue weighted by atomic mass is 32.1. The van der Waals surface area contributed by atoms with Gasteiger partial charge in [0.25, 0.3) is 0 Å². The largest absolute Gasteiger partial charge is 0.465 e. The Morgan fingerprint density at radius 1 is 1.38 bits per heavy atom. The topological polar surface area (TPSA) is 91.2 Å². The number of ether oxygens (including phenoxy) is 1. The summed E-state index contributed by atoms with van der Waals surface area (Å²) in [6.07, 6.45) is 0.473. The molecular formula is C14H15N3O3S. The van der Waals surface area contributed by atoms with Crippen LogP contribution < -0.4 is 5.73 Å². The number of benzene rings is 1. The molecule has 0 radical (unpaired) electrons. The van der Waals surface area contributed by atoms with Crippen molar-refractivity contribution in [1.82, 2.24) is 10.2 Å². The third-order valence-corrected chi connectivity index (χ3v) is 2.97. The standard InChI is InChI=1S/C14H15N3O3S/c1-2-19-14(18)11(12(15)21)13-17-16-10(20-13)8-9-6-4-3-5-7-9/h3-7,11H,2,8H2,1H3,(H2,15,21)/t11-/m0/s1. The maximum absolute atomic E-state index is 11.8. The second kappa shape index (κ2) is 6.94. The highest BCUT2D eigenvalue weighted by molar-refractivity contribution is 7.80. The number of hydrogen-bond acceptors (Lipinski definition) is 6. The van der Waals surface area contributed by atoms with Gasteiger partial charge in [0.2, 0.25) is 11.8 Å². The van der Waals surface area contributed by atoms with E-state index in [1.54, 1.807) is 6.92 Å². The summed E-state index contributed by atoms with van der Waals surface area (Å²) in [4.78, 5) is 11.8.